The standard InChI is InChI=1S/C11H12ClNO/c1-13-10(6-7-11(13)14)8-2-4-9(12)5-3-8/h2-5,10H,6-7H2,1H3/t10-/m1/s1. The summed E-state index contributed by atoms with van der Waals surface area (Å²) in [5.41, 5.74) is 1.17. The fraction of sp³-hybridized carbons (Fsp3) is 0.364. The lowest BCUT2D eigenvalue weighted by Gasteiger charge is -2.20. The molecule has 0 aromatic heterocycles. The first kappa shape index (κ1) is 9.53. The fourth-order valence-electron chi connectivity index (χ4n) is 1.88. The van der Waals surface area contributed by atoms with Crippen LogP contribution in [-0.4, -0.2) is 17.9 Å². The average Bonchev–Trinajstić information content (AvgIpc) is 2.50. The summed E-state index contributed by atoms with van der Waals surface area (Å²) in [7, 11) is 1.86. The van der Waals surface area contributed by atoms with Gasteiger partial charge in [0.2, 0.25) is 5.91 Å². The van der Waals surface area contributed by atoms with Crippen LogP contribution < -0.4 is 0 Å². The maximum absolute atomic E-state index is 11.3. The summed E-state index contributed by atoms with van der Waals surface area (Å²) < 4.78 is 0. The second-order valence-corrected chi connectivity index (χ2v) is 4.05. The predicted octanol–water partition coefficient (Wildman–Crippen LogP) is 2.63. The van der Waals surface area contributed by atoms with Gasteiger partial charge in [0.1, 0.15) is 0 Å². The second kappa shape index (κ2) is 3.62. The highest BCUT2D eigenvalue weighted by Gasteiger charge is 2.28. The highest BCUT2D eigenvalue weighted by molar-refractivity contribution is 6.30. The van der Waals surface area contributed by atoms with Crippen LogP contribution in [0.2, 0.25) is 5.02 Å². The van der Waals surface area contributed by atoms with Crippen molar-refractivity contribution in [2.45, 2.75) is 18.9 Å². The minimum absolute atomic E-state index is 0.227. The number of amides is 1. The number of halogens is 1. The zero-order valence-corrected chi connectivity index (χ0v) is 8.79. The third-order valence-corrected chi connectivity index (χ3v) is 3.00. The second-order valence-electron chi connectivity index (χ2n) is 3.61. The van der Waals surface area contributed by atoms with Gasteiger partial charge in [0, 0.05) is 18.5 Å². The van der Waals surface area contributed by atoms with Gasteiger partial charge in [-0.25, -0.2) is 0 Å². The topological polar surface area (TPSA) is 20.3 Å². The third-order valence-electron chi connectivity index (χ3n) is 2.75. The van der Waals surface area contributed by atoms with Gasteiger partial charge < -0.3 is 4.90 Å². The molecule has 1 saturated heterocycles. The first-order chi connectivity index (χ1) is 6.68. The van der Waals surface area contributed by atoms with Crippen molar-refractivity contribution in [3.05, 3.63) is 34.9 Å². The molecule has 0 aliphatic carbocycles. The van der Waals surface area contributed by atoms with E-state index >= 15 is 0 Å². The molecule has 1 heterocycles. The molecule has 1 aliphatic rings. The molecule has 1 aliphatic heterocycles. The Hall–Kier alpha value is -1.02. The summed E-state index contributed by atoms with van der Waals surface area (Å²) in [5, 5.41) is 0.737. The fourth-order valence-corrected chi connectivity index (χ4v) is 2.01. The number of likely N-dealkylation sites (tertiary alicyclic amines) is 1. The molecule has 14 heavy (non-hydrogen) atoms. The van der Waals surface area contributed by atoms with Crippen LogP contribution in [0.3, 0.4) is 0 Å². The van der Waals surface area contributed by atoms with Crippen molar-refractivity contribution < 1.29 is 4.79 Å². The highest BCUT2D eigenvalue weighted by Crippen LogP contribution is 2.31. The van der Waals surface area contributed by atoms with Gasteiger partial charge in [-0.15, -0.1) is 0 Å². The summed E-state index contributed by atoms with van der Waals surface area (Å²) in [6, 6.07) is 7.95. The van der Waals surface area contributed by atoms with Gasteiger partial charge in [-0.05, 0) is 24.1 Å². The molecule has 1 amide bonds. The molecule has 2 rings (SSSR count). The molecule has 0 unspecified atom stereocenters. The van der Waals surface area contributed by atoms with E-state index in [4.69, 9.17) is 11.6 Å². The molecule has 1 fully saturated rings. The Morgan fingerprint density at radius 1 is 1.36 bits per heavy atom. The summed E-state index contributed by atoms with van der Waals surface area (Å²) in [6.07, 6.45) is 1.57. The number of hydrogen-bond acceptors (Lipinski definition) is 1. The molecule has 1 atom stereocenters. The molecule has 0 saturated carbocycles. The highest BCUT2D eigenvalue weighted by atomic mass is 35.5. The van der Waals surface area contributed by atoms with E-state index in [9.17, 15) is 4.79 Å². The monoisotopic (exact) mass is 209 g/mol. The van der Waals surface area contributed by atoms with Gasteiger partial charge >= 0.3 is 0 Å². The number of nitrogens with zero attached hydrogens (tertiary/aromatic N) is 1. The van der Waals surface area contributed by atoms with Crippen LogP contribution in [0.4, 0.5) is 0 Å². The van der Waals surface area contributed by atoms with Crippen LogP contribution in [0.5, 0.6) is 0 Å². The summed E-state index contributed by atoms with van der Waals surface area (Å²) in [5.74, 6) is 0.227. The Bertz CT molecular complexity index is 347. The lowest BCUT2D eigenvalue weighted by Crippen LogP contribution is -2.22. The van der Waals surface area contributed by atoms with Gasteiger partial charge in [0.05, 0.1) is 6.04 Å². The van der Waals surface area contributed by atoms with Crippen molar-refractivity contribution >= 4 is 17.5 Å². The maximum Gasteiger partial charge on any atom is 0.222 e. The number of benzene rings is 1. The van der Waals surface area contributed by atoms with E-state index in [1.165, 1.54) is 5.56 Å². The Morgan fingerprint density at radius 3 is 2.50 bits per heavy atom. The van der Waals surface area contributed by atoms with Crippen LogP contribution in [0, 0.1) is 0 Å². The molecular weight excluding hydrogens is 198 g/mol. The minimum Gasteiger partial charge on any atom is -0.339 e. The van der Waals surface area contributed by atoms with E-state index in [0.717, 1.165) is 11.4 Å². The van der Waals surface area contributed by atoms with Crippen LogP contribution in [0.1, 0.15) is 24.4 Å². The average molecular weight is 210 g/mol. The van der Waals surface area contributed by atoms with Crippen LogP contribution in [0.15, 0.2) is 24.3 Å². The lowest BCUT2D eigenvalue weighted by molar-refractivity contribution is -0.127. The molecule has 0 N–H and O–H groups in total. The van der Waals surface area contributed by atoms with Crippen molar-refractivity contribution in [1.29, 1.82) is 0 Å². The Morgan fingerprint density at radius 2 is 2.00 bits per heavy atom. The van der Waals surface area contributed by atoms with E-state index in [1.807, 2.05) is 36.2 Å². The molecule has 2 nitrogen and oxygen atoms in total. The van der Waals surface area contributed by atoms with Gasteiger partial charge in [0.15, 0.2) is 0 Å². The molecule has 74 valence electrons. The van der Waals surface area contributed by atoms with Crippen LogP contribution in [-0.2, 0) is 4.79 Å². The molecule has 1 aromatic carbocycles. The Labute approximate surface area is 88.5 Å². The molecule has 0 spiro atoms. The summed E-state index contributed by atoms with van der Waals surface area (Å²) in [6.45, 7) is 0. The SMILES string of the molecule is CN1C(=O)CC[C@@H]1c1ccc(Cl)cc1. The van der Waals surface area contributed by atoms with Crippen molar-refractivity contribution in [2.75, 3.05) is 7.05 Å². The van der Waals surface area contributed by atoms with Crippen molar-refractivity contribution in [3.8, 4) is 0 Å². The van der Waals surface area contributed by atoms with Crippen molar-refractivity contribution in [1.82, 2.24) is 4.90 Å². The minimum atomic E-state index is 0.227. The van der Waals surface area contributed by atoms with E-state index < -0.39 is 0 Å². The quantitative estimate of drug-likeness (QED) is 0.697. The number of hydrogen-bond donors (Lipinski definition) is 0. The first-order valence-electron chi connectivity index (χ1n) is 4.69. The number of carbonyl (C=O) groups is 1. The first-order valence-corrected chi connectivity index (χ1v) is 5.07. The molecule has 3 heteroatoms. The molecule has 0 bridgehead atoms. The van der Waals surface area contributed by atoms with E-state index in [0.29, 0.717) is 6.42 Å². The van der Waals surface area contributed by atoms with E-state index in [1.54, 1.807) is 0 Å². The van der Waals surface area contributed by atoms with Crippen LogP contribution >= 0.6 is 11.6 Å². The zero-order chi connectivity index (χ0) is 10.1. The molecular formula is C11H12ClNO. The Kier molecular flexibility index (Phi) is 2.46. The summed E-state index contributed by atoms with van der Waals surface area (Å²) in [4.78, 5) is 13.1. The maximum atomic E-state index is 11.3. The number of carbonyl (C=O) groups excluding carboxylic acids is 1. The largest absolute Gasteiger partial charge is 0.339 e. The predicted molar refractivity (Wildman–Crippen MR) is 56.2 cm³/mol. The van der Waals surface area contributed by atoms with E-state index in [-0.39, 0.29) is 11.9 Å². The van der Waals surface area contributed by atoms with Gasteiger partial charge in [-0.3, -0.25) is 4.79 Å². The van der Waals surface area contributed by atoms with Gasteiger partial charge in [-0.1, -0.05) is 23.7 Å². The Balaban J connectivity index is 2.23. The molecule has 0 radical (unpaired) electrons. The zero-order valence-electron chi connectivity index (χ0n) is 8.03. The van der Waals surface area contributed by atoms with Crippen LogP contribution in [0.25, 0.3) is 0 Å². The smallest absolute Gasteiger partial charge is 0.222 e. The molecule has 1 aromatic rings. The van der Waals surface area contributed by atoms with Crippen molar-refractivity contribution in [3.63, 3.8) is 0 Å². The summed E-state index contributed by atoms with van der Waals surface area (Å²) >= 11 is 5.80. The van der Waals surface area contributed by atoms with Gasteiger partial charge in [0.25, 0.3) is 0 Å². The van der Waals surface area contributed by atoms with Crippen molar-refractivity contribution in [2.24, 2.45) is 0 Å². The lowest BCUT2D eigenvalue weighted by atomic mass is 10.1. The third kappa shape index (κ3) is 1.62. The normalized spacial score (nSPS) is 21.7. The number of rotatable bonds is 1. The van der Waals surface area contributed by atoms with Gasteiger partial charge in [-0.2, -0.15) is 0 Å². The van der Waals surface area contributed by atoms with E-state index in [2.05, 4.69) is 0 Å².